The molecule has 1 spiro atoms. The molecule has 5 heteroatoms. The summed E-state index contributed by atoms with van der Waals surface area (Å²) in [4.78, 5) is 15.7. The molecule has 3 heterocycles. The first-order valence-corrected chi connectivity index (χ1v) is 21.3. The van der Waals surface area contributed by atoms with Crippen molar-refractivity contribution in [2.75, 3.05) is 0 Å². The zero-order valence-corrected chi connectivity index (χ0v) is 33.7. The average molecular weight is 804 g/mol. The summed E-state index contributed by atoms with van der Waals surface area (Å²) >= 11 is 0. The molecular formula is C58H33N3O2. The second kappa shape index (κ2) is 12.8. The predicted molar refractivity (Wildman–Crippen MR) is 252 cm³/mol. The van der Waals surface area contributed by atoms with Crippen molar-refractivity contribution in [3.05, 3.63) is 222 Å². The molecular weight excluding hydrogens is 771 g/mol. The third kappa shape index (κ3) is 4.79. The molecule has 63 heavy (non-hydrogen) atoms. The van der Waals surface area contributed by atoms with E-state index in [-0.39, 0.29) is 0 Å². The molecule has 292 valence electrons. The van der Waals surface area contributed by atoms with E-state index in [2.05, 4.69) is 152 Å². The van der Waals surface area contributed by atoms with Crippen molar-refractivity contribution in [2.45, 2.75) is 5.41 Å². The molecule has 5 nitrogen and oxygen atoms in total. The predicted octanol–water partition coefficient (Wildman–Crippen LogP) is 14.7. The van der Waals surface area contributed by atoms with Gasteiger partial charge in [-0.1, -0.05) is 158 Å². The maximum atomic E-state index is 6.36. The number of benzene rings is 9. The van der Waals surface area contributed by atoms with Crippen LogP contribution in [0, 0.1) is 0 Å². The second-order valence-electron chi connectivity index (χ2n) is 16.6. The first-order valence-electron chi connectivity index (χ1n) is 21.3. The van der Waals surface area contributed by atoms with E-state index in [0.717, 1.165) is 66.1 Å². The van der Waals surface area contributed by atoms with E-state index in [4.69, 9.17) is 23.8 Å². The van der Waals surface area contributed by atoms with Crippen LogP contribution in [0.2, 0.25) is 0 Å². The van der Waals surface area contributed by atoms with Gasteiger partial charge in [0.15, 0.2) is 17.5 Å². The number of nitrogens with zero attached hydrogens (tertiary/aromatic N) is 3. The molecule has 0 fully saturated rings. The second-order valence-corrected chi connectivity index (χ2v) is 16.6. The van der Waals surface area contributed by atoms with E-state index in [1.54, 1.807) is 0 Å². The van der Waals surface area contributed by atoms with Gasteiger partial charge in [0, 0.05) is 38.2 Å². The van der Waals surface area contributed by atoms with Crippen LogP contribution < -0.4 is 0 Å². The molecule has 0 saturated heterocycles. The van der Waals surface area contributed by atoms with Gasteiger partial charge in [-0.15, -0.1) is 0 Å². The van der Waals surface area contributed by atoms with Crippen molar-refractivity contribution >= 4 is 43.9 Å². The fourth-order valence-electron chi connectivity index (χ4n) is 10.7. The molecule has 2 aliphatic carbocycles. The van der Waals surface area contributed by atoms with E-state index in [9.17, 15) is 0 Å². The molecule has 0 saturated carbocycles. The average Bonchev–Trinajstić information content (AvgIpc) is 3.99. The fourth-order valence-corrected chi connectivity index (χ4v) is 10.7. The zero-order chi connectivity index (χ0) is 41.2. The summed E-state index contributed by atoms with van der Waals surface area (Å²) in [6.45, 7) is 0. The lowest BCUT2D eigenvalue weighted by Crippen LogP contribution is -2.29. The smallest absolute Gasteiger partial charge is 0.164 e. The summed E-state index contributed by atoms with van der Waals surface area (Å²) < 4.78 is 12.7. The van der Waals surface area contributed by atoms with E-state index in [0.29, 0.717) is 17.5 Å². The van der Waals surface area contributed by atoms with E-state index in [1.165, 1.54) is 50.1 Å². The van der Waals surface area contributed by atoms with Crippen molar-refractivity contribution < 1.29 is 8.83 Å². The maximum absolute atomic E-state index is 6.36. The van der Waals surface area contributed by atoms with E-state index in [1.807, 2.05) is 48.5 Å². The minimum absolute atomic E-state index is 0.559. The minimum atomic E-state index is -0.573. The highest BCUT2D eigenvalue weighted by Crippen LogP contribution is 2.61. The van der Waals surface area contributed by atoms with Crippen LogP contribution in [0.3, 0.4) is 0 Å². The van der Waals surface area contributed by atoms with Crippen molar-refractivity contribution in [2.24, 2.45) is 0 Å². The molecule has 0 aliphatic heterocycles. The lowest BCUT2D eigenvalue weighted by Gasteiger charge is -2.35. The number of hydrogen-bond donors (Lipinski definition) is 0. The number of para-hydroxylation sites is 2. The van der Waals surface area contributed by atoms with Gasteiger partial charge in [-0.2, -0.15) is 0 Å². The van der Waals surface area contributed by atoms with Crippen LogP contribution in [0.15, 0.2) is 209 Å². The Labute approximate surface area is 361 Å². The Bertz CT molecular complexity index is 3690. The Balaban J connectivity index is 1.00. The Morgan fingerprint density at radius 1 is 0.270 bits per heavy atom. The van der Waals surface area contributed by atoms with Crippen LogP contribution in [0.5, 0.6) is 0 Å². The number of fused-ring (bicyclic) bond motifs is 18. The lowest BCUT2D eigenvalue weighted by atomic mass is 9.66. The highest BCUT2D eigenvalue weighted by molar-refractivity contribution is 6.07. The monoisotopic (exact) mass is 803 g/mol. The largest absolute Gasteiger partial charge is 0.456 e. The molecule has 0 atom stereocenters. The summed E-state index contributed by atoms with van der Waals surface area (Å²) in [6.07, 6.45) is 0. The van der Waals surface area contributed by atoms with E-state index >= 15 is 0 Å². The highest BCUT2D eigenvalue weighted by Gasteiger charge is 2.49. The Morgan fingerprint density at radius 3 is 1.11 bits per heavy atom. The van der Waals surface area contributed by atoms with Gasteiger partial charge in [-0.25, -0.2) is 15.0 Å². The van der Waals surface area contributed by atoms with Gasteiger partial charge < -0.3 is 8.83 Å². The van der Waals surface area contributed by atoms with Crippen LogP contribution in [0.4, 0.5) is 0 Å². The Kier molecular flexibility index (Phi) is 6.97. The summed E-state index contributed by atoms with van der Waals surface area (Å²) in [5.41, 5.74) is 17.6. The molecule has 0 bridgehead atoms. The van der Waals surface area contributed by atoms with Gasteiger partial charge in [-0.3, -0.25) is 0 Å². The van der Waals surface area contributed by atoms with Crippen LogP contribution >= 0.6 is 0 Å². The lowest BCUT2D eigenvalue weighted by molar-refractivity contribution is 0.668. The van der Waals surface area contributed by atoms with Gasteiger partial charge in [0.05, 0.1) is 5.41 Å². The standard InChI is InChI=1S/C58H33N3O2/c1-2-14-38-37(13-1)39-15-3-8-20-47(39)58(48-21-9-4-16-40(38)48)49-22-10-5-17-41(49)46-31-34(27-30-50(46)58)55-59-56(35-25-28-44-42-18-6-11-23-51(42)62-53(44)32-35)61-57(60-55)36-26-29-45-43-19-7-12-24-52(43)63-54(45)33-36/h1-33H. The number of rotatable bonds is 3. The third-order valence-corrected chi connectivity index (χ3v) is 13.4. The SMILES string of the molecule is c1ccc2c(c1)-c1ccccc1C1(c3ccccc3-2)c2ccccc2-c2cc(-c3nc(-c4ccc5c(c4)oc4ccccc45)nc(-c4ccc5c(c4)oc4ccccc45)n3)ccc21. The summed E-state index contributed by atoms with van der Waals surface area (Å²) in [7, 11) is 0. The number of aromatic nitrogens is 3. The van der Waals surface area contributed by atoms with Crippen LogP contribution in [-0.4, -0.2) is 15.0 Å². The molecule has 0 radical (unpaired) electrons. The summed E-state index contributed by atoms with van der Waals surface area (Å²) in [5, 5.41) is 4.26. The number of furan rings is 2. The first kappa shape index (κ1) is 34.3. The maximum Gasteiger partial charge on any atom is 0.164 e. The van der Waals surface area contributed by atoms with Crippen LogP contribution in [0.1, 0.15) is 22.3 Å². The van der Waals surface area contributed by atoms with Gasteiger partial charge in [0.1, 0.15) is 22.3 Å². The van der Waals surface area contributed by atoms with Crippen molar-refractivity contribution in [1.29, 1.82) is 0 Å². The minimum Gasteiger partial charge on any atom is -0.456 e. The topological polar surface area (TPSA) is 65.0 Å². The van der Waals surface area contributed by atoms with Crippen molar-refractivity contribution in [3.8, 4) is 67.5 Å². The summed E-state index contributed by atoms with van der Waals surface area (Å²) in [5.74, 6) is 1.70. The van der Waals surface area contributed by atoms with Crippen molar-refractivity contribution in [3.63, 3.8) is 0 Å². The fraction of sp³-hybridized carbons (Fsp3) is 0.0172. The first-order chi connectivity index (χ1) is 31.2. The highest BCUT2D eigenvalue weighted by atomic mass is 16.3. The van der Waals surface area contributed by atoms with Crippen LogP contribution in [0.25, 0.3) is 111 Å². The molecule has 0 unspecified atom stereocenters. The number of hydrogen-bond acceptors (Lipinski definition) is 5. The van der Waals surface area contributed by atoms with Gasteiger partial charge >= 0.3 is 0 Å². The summed E-state index contributed by atoms with van der Waals surface area (Å²) in [6, 6.07) is 71.2. The Hall–Kier alpha value is -8.41. The molecule has 2 aliphatic rings. The van der Waals surface area contributed by atoms with Crippen molar-refractivity contribution in [1.82, 2.24) is 15.0 Å². The normalized spacial score (nSPS) is 13.2. The molecule has 0 amide bonds. The zero-order valence-electron chi connectivity index (χ0n) is 33.7. The van der Waals surface area contributed by atoms with Crippen LogP contribution in [-0.2, 0) is 5.41 Å². The molecule has 14 rings (SSSR count). The Morgan fingerprint density at radius 2 is 0.619 bits per heavy atom. The molecule has 3 aromatic heterocycles. The third-order valence-electron chi connectivity index (χ3n) is 13.4. The molecule has 9 aromatic carbocycles. The van der Waals surface area contributed by atoms with Gasteiger partial charge in [-0.05, 0) is 98.1 Å². The van der Waals surface area contributed by atoms with Gasteiger partial charge in [0.25, 0.3) is 0 Å². The quantitative estimate of drug-likeness (QED) is 0.178. The molecule has 12 aromatic rings. The molecule has 0 N–H and O–H groups in total. The van der Waals surface area contributed by atoms with Gasteiger partial charge in [0.2, 0.25) is 0 Å². The van der Waals surface area contributed by atoms with E-state index < -0.39 is 5.41 Å².